The normalized spacial score (nSPS) is 20.0. The minimum absolute atomic E-state index is 0.184. The lowest BCUT2D eigenvalue weighted by Gasteiger charge is -2.05. The first-order chi connectivity index (χ1) is 12.0. The average molecular weight is 342 g/mol. The standard InChI is InChI=1S/C17H18N4O4/c1-10-7-14(20-19-10)16(22)21-18-9-13-5-6-15(25-13)11-3-2-4-12(8-11)17(23)24/h2-6,8-10,14,19-20H,7H2,1H3,(H,21,22)(H,23,24)/b18-9+. The number of aromatic carboxylic acids is 1. The maximum absolute atomic E-state index is 11.9. The van der Waals surface area contributed by atoms with Crippen molar-refractivity contribution in [1.29, 1.82) is 0 Å². The third-order valence-corrected chi connectivity index (χ3v) is 3.80. The molecule has 25 heavy (non-hydrogen) atoms. The molecule has 8 nitrogen and oxygen atoms in total. The summed E-state index contributed by atoms with van der Waals surface area (Å²) in [5, 5.41) is 12.9. The lowest BCUT2D eigenvalue weighted by atomic mass is 10.1. The van der Waals surface area contributed by atoms with Crippen LogP contribution in [0.2, 0.25) is 0 Å². The molecule has 0 spiro atoms. The molecule has 0 saturated carbocycles. The Balaban J connectivity index is 1.62. The van der Waals surface area contributed by atoms with Crippen molar-refractivity contribution in [3.05, 3.63) is 47.7 Å². The molecule has 3 rings (SSSR count). The van der Waals surface area contributed by atoms with Gasteiger partial charge >= 0.3 is 5.97 Å². The zero-order valence-corrected chi connectivity index (χ0v) is 13.5. The molecule has 0 bridgehead atoms. The molecule has 1 fully saturated rings. The number of hydrogen-bond donors (Lipinski definition) is 4. The minimum atomic E-state index is -0.998. The van der Waals surface area contributed by atoms with Gasteiger partial charge in [0.15, 0.2) is 0 Å². The Labute approximate surface area is 143 Å². The molecular formula is C17H18N4O4. The predicted molar refractivity (Wildman–Crippen MR) is 91.0 cm³/mol. The second kappa shape index (κ2) is 7.29. The van der Waals surface area contributed by atoms with Crippen LogP contribution in [0.5, 0.6) is 0 Å². The van der Waals surface area contributed by atoms with E-state index in [1.165, 1.54) is 18.3 Å². The quantitative estimate of drug-likeness (QED) is 0.481. The fourth-order valence-corrected chi connectivity index (χ4v) is 2.51. The fourth-order valence-electron chi connectivity index (χ4n) is 2.51. The molecule has 1 aromatic carbocycles. The van der Waals surface area contributed by atoms with E-state index in [9.17, 15) is 9.59 Å². The van der Waals surface area contributed by atoms with Gasteiger partial charge in [-0.25, -0.2) is 15.6 Å². The number of hydrazine groups is 1. The number of amides is 1. The molecule has 1 saturated heterocycles. The van der Waals surface area contributed by atoms with Gasteiger partial charge in [0.2, 0.25) is 0 Å². The van der Waals surface area contributed by atoms with Gasteiger partial charge in [-0.1, -0.05) is 12.1 Å². The first-order valence-corrected chi connectivity index (χ1v) is 7.80. The van der Waals surface area contributed by atoms with E-state index in [1.807, 2.05) is 6.92 Å². The molecular weight excluding hydrogens is 324 g/mol. The molecule has 2 heterocycles. The van der Waals surface area contributed by atoms with E-state index in [4.69, 9.17) is 9.52 Å². The van der Waals surface area contributed by atoms with Crippen LogP contribution in [0.15, 0.2) is 45.9 Å². The Morgan fingerprint density at radius 1 is 1.32 bits per heavy atom. The van der Waals surface area contributed by atoms with Gasteiger partial charge in [0.25, 0.3) is 5.91 Å². The Bertz CT molecular complexity index is 814. The summed E-state index contributed by atoms with van der Waals surface area (Å²) in [6.45, 7) is 1.98. The summed E-state index contributed by atoms with van der Waals surface area (Å²) in [5.41, 5.74) is 9.15. The predicted octanol–water partition coefficient (Wildman–Crippen LogP) is 1.35. The van der Waals surface area contributed by atoms with Crippen LogP contribution in [0.3, 0.4) is 0 Å². The first kappa shape index (κ1) is 16.9. The maximum atomic E-state index is 11.9. The highest BCUT2D eigenvalue weighted by atomic mass is 16.4. The molecule has 1 amide bonds. The molecule has 4 N–H and O–H groups in total. The van der Waals surface area contributed by atoms with Gasteiger partial charge in [0, 0.05) is 11.6 Å². The zero-order valence-electron chi connectivity index (χ0n) is 13.5. The Morgan fingerprint density at radius 3 is 2.88 bits per heavy atom. The molecule has 2 atom stereocenters. The number of carbonyl (C=O) groups excluding carboxylic acids is 1. The third-order valence-electron chi connectivity index (χ3n) is 3.80. The number of carboxylic acids is 1. The smallest absolute Gasteiger partial charge is 0.335 e. The second-order valence-corrected chi connectivity index (χ2v) is 5.80. The third kappa shape index (κ3) is 4.11. The molecule has 1 aliphatic heterocycles. The highest BCUT2D eigenvalue weighted by Crippen LogP contribution is 2.22. The highest BCUT2D eigenvalue weighted by molar-refractivity contribution is 5.89. The summed E-state index contributed by atoms with van der Waals surface area (Å²) in [6.07, 6.45) is 2.08. The van der Waals surface area contributed by atoms with Gasteiger partial charge < -0.3 is 9.52 Å². The molecule has 1 aliphatic rings. The Morgan fingerprint density at radius 2 is 2.16 bits per heavy atom. The molecule has 1 aromatic heterocycles. The van der Waals surface area contributed by atoms with E-state index in [2.05, 4.69) is 21.4 Å². The fraction of sp³-hybridized carbons (Fsp3) is 0.235. The van der Waals surface area contributed by atoms with Gasteiger partial charge in [0.1, 0.15) is 17.6 Å². The monoisotopic (exact) mass is 342 g/mol. The summed E-state index contributed by atoms with van der Waals surface area (Å²) >= 11 is 0. The van der Waals surface area contributed by atoms with Crippen LogP contribution >= 0.6 is 0 Å². The van der Waals surface area contributed by atoms with E-state index >= 15 is 0 Å². The first-order valence-electron chi connectivity index (χ1n) is 7.80. The average Bonchev–Trinajstić information content (AvgIpc) is 3.24. The number of carbonyl (C=O) groups is 2. The Hall–Kier alpha value is -2.97. The number of nitrogens with zero attached hydrogens (tertiary/aromatic N) is 1. The number of benzene rings is 1. The second-order valence-electron chi connectivity index (χ2n) is 5.80. The number of rotatable bonds is 5. The topological polar surface area (TPSA) is 116 Å². The van der Waals surface area contributed by atoms with Gasteiger partial charge in [-0.3, -0.25) is 10.2 Å². The molecule has 130 valence electrons. The van der Waals surface area contributed by atoms with Crippen LogP contribution in [-0.2, 0) is 4.79 Å². The molecule has 8 heteroatoms. The number of hydrazone groups is 1. The van der Waals surface area contributed by atoms with Crippen LogP contribution < -0.4 is 16.3 Å². The van der Waals surface area contributed by atoms with Crippen molar-refractivity contribution in [2.75, 3.05) is 0 Å². The van der Waals surface area contributed by atoms with Crippen molar-refractivity contribution in [2.24, 2.45) is 5.10 Å². The highest BCUT2D eigenvalue weighted by Gasteiger charge is 2.26. The van der Waals surface area contributed by atoms with E-state index in [0.717, 1.165) is 0 Å². The summed E-state index contributed by atoms with van der Waals surface area (Å²) in [4.78, 5) is 22.9. The number of hydrogen-bond acceptors (Lipinski definition) is 6. The van der Waals surface area contributed by atoms with Gasteiger partial charge in [0.05, 0.1) is 11.8 Å². The largest absolute Gasteiger partial charge is 0.478 e. The summed E-state index contributed by atoms with van der Waals surface area (Å²) in [6, 6.07) is 9.77. The Kier molecular flexibility index (Phi) is 4.92. The van der Waals surface area contributed by atoms with Gasteiger partial charge in [-0.2, -0.15) is 5.10 Å². The van der Waals surface area contributed by atoms with Crippen LogP contribution in [-0.4, -0.2) is 35.3 Å². The van der Waals surface area contributed by atoms with Gasteiger partial charge in [-0.15, -0.1) is 0 Å². The zero-order chi connectivity index (χ0) is 17.8. The van der Waals surface area contributed by atoms with Crippen molar-refractivity contribution in [3.8, 4) is 11.3 Å². The minimum Gasteiger partial charge on any atom is -0.478 e. The lowest BCUT2D eigenvalue weighted by molar-refractivity contribution is -0.122. The van der Waals surface area contributed by atoms with Crippen LogP contribution in [0, 0.1) is 0 Å². The van der Waals surface area contributed by atoms with Crippen LogP contribution in [0.25, 0.3) is 11.3 Å². The number of furan rings is 1. The van der Waals surface area contributed by atoms with Crippen molar-refractivity contribution in [1.82, 2.24) is 16.3 Å². The van der Waals surface area contributed by atoms with E-state index < -0.39 is 5.97 Å². The van der Waals surface area contributed by atoms with E-state index in [1.54, 1.807) is 24.3 Å². The van der Waals surface area contributed by atoms with E-state index in [0.29, 0.717) is 23.5 Å². The van der Waals surface area contributed by atoms with Crippen molar-refractivity contribution in [2.45, 2.75) is 25.4 Å². The summed E-state index contributed by atoms with van der Waals surface area (Å²) in [5.74, 6) is -0.260. The summed E-state index contributed by atoms with van der Waals surface area (Å²) in [7, 11) is 0. The summed E-state index contributed by atoms with van der Waals surface area (Å²) < 4.78 is 5.61. The van der Waals surface area contributed by atoms with Crippen molar-refractivity contribution in [3.63, 3.8) is 0 Å². The van der Waals surface area contributed by atoms with Crippen LogP contribution in [0.4, 0.5) is 0 Å². The van der Waals surface area contributed by atoms with E-state index in [-0.39, 0.29) is 23.6 Å². The maximum Gasteiger partial charge on any atom is 0.335 e. The van der Waals surface area contributed by atoms with Crippen LogP contribution in [0.1, 0.15) is 29.5 Å². The molecule has 0 radical (unpaired) electrons. The van der Waals surface area contributed by atoms with Crippen molar-refractivity contribution < 1.29 is 19.1 Å². The lowest BCUT2D eigenvalue weighted by Crippen LogP contribution is -2.41. The SMILES string of the molecule is CC1CC(C(=O)N/N=C/c2ccc(-c3cccc(C(=O)O)c3)o2)NN1. The van der Waals surface area contributed by atoms with Crippen molar-refractivity contribution >= 4 is 18.1 Å². The van der Waals surface area contributed by atoms with Gasteiger partial charge in [-0.05, 0) is 37.6 Å². The molecule has 0 aliphatic carbocycles. The molecule has 2 unspecified atom stereocenters. The molecule has 2 aromatic rings. The number of carboxylic acid groups (broad SMARTS) is 1. The number of nitrogens with one attached hydrogen (secondary N) is 3.